The molecule has 2 nitrogen and oxygen atoms in total. The second-order valence-electron chi connectivity index (χ2n) is 6.21. The Labute approximate surface area is 125 Å². The molecule has 20 heavy (non-hydrogen) atoms. The first-order valence-electron chi connectivity index (χ1n) is 8.15. The van der Waals surface area contributed by atoms with Crippen LogP contribution in [0.4, 0.5) is 0 Å². The Bertz CT molecular complexity index is 315. The molecule has 116 valence electrons. The number of Topliss-reactive ketones (excluding diaryl/α,β-unsaturated/α-hetero) is 1. The molecule has 2 heteroatoms. The van der Waals surface area contributed by atoms with E-state index in [1.165, 1.54) is 0 Å². The summed E-state index contributed by atoms with van der Waals surface area (Å²) in [4.78, 5) is 23.7. The summed E-state index contributed by atoms with van der Waals surface area (Å²) in [5.41, 5.74) is 0. The van der Waals surface area contributed by atoms with Gasteiger partial charge in [0.15, 0.2) is 5.78 Å². The molecule has 0 aliphatic rings. The molecule has 0 aliphatic carbocycles. The summed E-state index contributed by atoms with van der Waals surface area (Å²) in [6.07, 6.45) is 9.35. The summed E-state index contributed by atoms with van der Waals surface area (Å²) in [6.45, 7) is 10.1. The number of hydrogen-bond acceptors (Lipinski definition) is 2. The molecule has 0 aromatic rings. The molecule has 0 heterocycles. The Morgan fingerprint density at radius 3 is 2.10 bits per heavy atom. The quantitative estimate of drug-likeness (QED) is 0.501. The van der Waals surface area contributed by atoms with Crippen LogP contribution in [0, 0.1) is 17.8 Å². The summed E-state index contributed by atoms with van der Waals surface area (Å²) in [5, 5.41) is 0. The number of hydrogen-bond donors (Lipinski definition) is 0. The third-order valence-electron chi connectivity index (χ3n) is 3.78. The summed E-state index contributed by atoms with van der Waals surface area (Å²) in [5.74, 6) is 1.19. The molecule has 0 amide bonds. The summed E-state index contributed by atoms with van der Waals surface area (Å²) in [7, 11) is 0. The van der Waals surface area contributed by atoms with Gasteiger partial charge in [0.1, 0.15) is 5.78 Å². The van der Waals surface area contributed by atoms with E-state index in [9.17, 15) is 9.59 Å². The summed E-state index contributed by atoms with van der Waals surface area (Å²) >= 11 is 0. The fraction of sp³-hybridized carbons (Fsp3) is 0.778. The van der Waals surface area contributed by atoms with Crippen LogP contribution in [0.3, 0.4) is 0 Å². The Kier molecular flexibility index (Phi) is 10.3. The van der Waals surface area contributed by atoms with Gasteiger partial charge in [-0.15, -0.1) is 0 Å². The molecule has 0 saturated heterocycles. The highest BCUT2D eigenvalue weighted by Crippen LogP contribution is 2.20. The highest BCUT2D eigenvalue weighted by atomic mass is 16.1. The number of carbonyl (C=O) groups excluding carboxylic acids is 2. The van der Waals surface area contributed by atoms with Crippen LogP contribution in [0.25, 0.3) is 0 Å². The van der Waals surface area contributed by atoms with Gasteiger partial charge in [0.05, 0.1) is 0 Å². The Morgan fingerprint density at radius 1 is 1.00 bits per heavy atom. The average Bonchev–Trinajstić information content (AvgIpc) is 2.38. The van der Waals surface area contributed by atoms with Gasteiger partial charge in [-0.25, -0.2) is 0 Å². The van der Waals surface area contributed by atoms with Gasteiger partial charge in [-0.05, 0) is 31.3 Å². The third-order valence-corrected chi connectivity index (χ3v) is 3.78. The molecular weight excluding hydrogens is 248 g/mol. The first-order valence-corrected chi connectivity index (χ1v) is 8.15. The molecule has 0 radical (unpaired) electrons. The van der Waals surface area contributed by atoms with Crippen LogP contribution in [0.2, 0.25) is 0 Å². The molecule has 2 unspecified atom stereocenters. The molecule has 0 N–H and O–H groups in total. The van der Waals surface area contributed by atoms with E-state index in [0.29, 0.717) is 18.1 Å². The first kappa shape index (κ1) is 19.1. The van der Waals surface area contributed by atoms with Crippen LogP contribution in [-0.2, 0) is 9.59 Å². The van der Waals surface area contributed by atoms with Crippen molar-refractivity contribution in [3.05, 3.63) is 12.2 Å². The van der Waals surface area contributed by atoms with Crippen molar-refractivity contribution in [2.45, 2.75) is 73.1 Å². The average molecular weight is 280 g/mol. The van der Waals surface area contributed by atoms with Crippen LogP contribution in [0.1, 0.15) is 73.1 Å². The minimum Gasteiger partial charge on any atom is -0.299 e. The maximum atomic E-state index is 12.1. The van der Waals surface area contributed by atoms with Gasteiger partial charge in [0.25, 0.3) is 0 Å². The van der Waals surface area contributed by atoms with Crippen LogP contribution in [0.5, 0.6) is 0 Å². The van der Waals surface area contributed by atoms with Crippen molar-refractivity contribution in [2.24, 2.45) is 17.8 Å². The normalized spacial score (nSPS) is 14.7. The maximum Gasteiger partial charge on any atom is 0.157 e. The maximum absolute atomic E-state index is 12.1. The smallest absolute Gasteiger partial charge is 0.157 e. The molecule has 0 bridgehead atoms. The van der Waals surface area contributed by atoms with Gasteiger partial charge >= 0.3 is 0 Å². The second-order valence-corrected chi connectivity index (χ2v) is 6.21. The van der Waals surface area contributed by atoms with E-state index in [2.05, 4.69) is 13.8 Å². The lowest BCUT2D eigenvalue weighted by atomic mass is 9.88. The highest BCUT2D eigenvalue weighted by molar-refractivity contribution is 5.91. The zero-order valence-corrected chi connectivity index (χ0v) is 13.9. The van der Waals surface area contributed by atoms with Crippen molar-refractivity contribution in [1.29, 1.82) is 0 Å². The van der Waals surface area contributed by atoms with Crippen LogP contribution in [0.15, 0.2) is 12.2 Å². The first-order chi connectivity index (χ1) is 9.42. The van der Waals surface area contributed by atoms with Crippen molar-refractivity contribution in [2.75, 3.05) is 0 Å². The molecule has 0 spiro atoms. The monoisotopic (exact) mass is 280 g/mol. The Balaban J connectivity index is 4.36. The largest absolute Gasteiger partial charge is 0.299 e. The van der Waals surface area contributed by atoms with Crippen LogP contribution >= 0.6 is 0 Å². The van der Waals surface area contributed by atoms with Crippen molar-refractivity contribution in [3.8, 4) is 0 Å². The topological polar surface area (TPSA) is 34.1 Å². The standard InChI is InChI=1S/C18H32O2/c1-6-9-15(5)18(20)13-16(10-7-2)11-8-12-17(19)14(3)4/h8,12,14-16H,6-7,9-11,13H2,1-5H3/b12-8+. The lowest BCUT2D eigenvalue weighted by Gasteiger charge is -2.16. The zero-order chi connectivity index (χ0) is 15.5. The second kappa shape index (κ2) is 10.8. The SMILES string of the molecule is CCCC(C/C=C/C(=O)C(C)C)CC(=O)C(C)CCC. The van der Waals surface area contributed by atoms with E-state index < -0.39 is 0 Å². The third kappa shape index (κ3) is 8.29. The van der Waals surface area contributed by atoms with Gasteiger partial charge in [-0.3, -0.25) is 9.59 Å². The van der Waals surface area contributed by atoms with E-state index in [1.54, 1.807) is 6.08 Å². The van der Waals surface area contributed by atoms with Crippen LogP contribution in [-0.4, -0.2) is 11.6 Å². The Hall–Kier alpha value is -0.920. The van der Waals surface area contributed by atoms with Gasteiger partial charge in [0, 0.05) is 18.3 Å². The van der Waals surface area contributed by atoms with E-state index in [-0.39, 0.29) is 17.6 Å². The fourth-order valence-electron chi connectivity index (χ4n) is 2.36. The minimum atomic E-state index is 0.0575. The zero-order valence-electron chi connectivity index (χ0n) is 13.9. The molecule has 0 saturated carbocycles. The molecule has 0 aromatic heterocycles. The number of allylic oxidation sites excluding steroid dienone is 2. The molecule has 0 aromatic carbocycles. The van der Waals surface area contributed by atoms with Gasteiger partial charge < -0.3 is 0 Å². The van der Waals surface area contributed by atoms with Gasteiger partial charge in [-0.2, -0.15) is 0 Å². The lowest BCUT2D eigenvalue weighted by Crippen LogP contribution is -2.15. The van der Waals surface area contributed by atoms with Gasteiger partial charge in [0.2, 0.25) is 0 Å². The number of carbonyl (C=O) groups is 2. The highest BCUT2D eigenvalue weighted by Gasteiger charge is 2.17. The predicted molar refractivity (Wildman–Crippen MR) is 85.7 cm³/mol. The molecule has 2 atom stereocenters. The summed E-state index contributed by atoms with van der Waals surface area (Å²) in [6, 6.07) is 0. The molecule has 0 rings (SSSR count). The van der Waals surface area contributed by atoms with Crippen molar-refractivity contribution in [3.63, 3.8) is 0 Å². The van der Waals surface area contributed by atoms with Crippen LogP contribution < -0.4 is 0 Å². The predicted octanol–water partition coefficient (Wildman–Crippen LogP) is 4.97. The summed E-state index contributed by atoms with van der Waals surface area (Å²) < 4.78 is 0. The number of rotatable bonds is 11. The Morgan fingerprint density at radius 2 is 1.60 bits per heavy atom. The van der Waals surface area contributed by atoms with E-state index >= 15 is 0 Å². The van der Waals surface area contributed by atoms with Gasteiger partial charge in [-0.1, -0.05) is 53.5 Å². The number of ketones is 2. The van der Waals surface area contributed by atoms with E-state index in [1.807, 2.05) is 26.8 Å². The minimum absolute atomic E-state index is 0.0575. The molecule has 0 fully saturated rings. The van der Waals surface area contributed by atoms with E-state index in [4.69, 9.17) is 0 Å². The molecular formula is C18H32O2. The lowest BCUT2D eigenvalue weighted by molar-refractivity contribution is -0.123. The van der Waals surface area contributed by atoms with Crippen molar-refractivity contribution >= 4 is 11.6 Å². The van der Waals surface area contributed by atoms with Crippen molar-refractivity contribution < 1.29 is 9.59 Å². The van der Waals surface area contributed by atoms with Crippen molar-refractivity contribution in [1.82, 2.24) is 0 Å². The molecule has 0 aliphatic heterocycles. The van der Waals surface area contributed by atoms with E-state index in [0.717, 1.165) is 32.1 Å². The fourth-order valence-corrected chi connectivity index (χ4v) is 2.36.